The largest absolute Gasteiger partial charge is 0.492 e. The van der Waals surface area contributed by atoms with Gasteiger partial charge in [0.15, 0.2) is 17.3 Å². The summed E-state index contributed by atoms with van der Waals surface area (Å²) in [5, 5.41) is 9.05. The Morgan fingerprint density at radius 1 is 1.35 bits per heavy atom. The van der Waals surface area contributed by atoms with E-state index in [1.165, 1.54) is 19.2 Å². The maximum Gasteiger partial charge on any atom is 0.355 e. The van der Waals surface area contributed by atoms with Gasteiger partial charge in [-0.05, 0) is 18.2 Å². The molecule has 0 spiro atoms. The van der Waals surface area contributed by atoms with Crippen LogP contribution in [0.4, 0.5) is 8.78 Å². The normalized spacial score (nSPS) is 10.4. The molecule has 0 unspecified atom stereocenters. The molecule has 0 amide bonds. The molecular weight excluding hydrogens is 292 g/mol. The number of aromatic nitrogens is 1. The van der Waals surface area contributed by atoms with Crippen molar-refractivity contribution in [3.8, 4) is 16.9 Å². The summed E-state index contributed by atoms with van der Waals surface area (Å²) in [6.07, 6.45) is 0.748. The lowest BCUT2D eigenvalue weighted by atomic mass is 10.0. The topological polar surface area (TPSA) is 59.4 Å². The quantitative estimate of drug-likeness (QED) is 0.944. The fourth-order valence-corrected chi connectivity index (χ4v) is 1.97. The first-order valence-electron chi connectivity index (χ1n) is 5.37. The van der Waals surface area contributed by atoms with E-state index >= 15 is 0 Å². The van der Waals surface area contributed by atoms with Gasteiger partial charge in [-0.25, -0.2) is 18.6 Å². The maximum atomic E-state index is 14.2. The lowest BCUT2D eigenvalue weighted by Gasteiger charge is -2.11. The van der Waals surface area contributed by atoms with E-state index in [1.807, 2.05) is 0 Å². The number of halogens is 3. The molecule has 0 aliphatic heterocycles. The second kappa shape index (κ2) is 5.42. The van der Waals surface area contributed by atoms with Crippen LogP contribution in [-0.4, -0.2) is 23.2 Å². The summed E-state index contributed by atoms with van der Waals surface area (Å²) in [4.78, 5) is 14.5. The third-order valence-corrected chi connectivity index (χ3v) is 2.90. The van der Waals surface area contributed by atoms with Gasteiger partial charge >= 0.3 is 5.97 Å². The summed E-state index contributed by atoms with van der Waals surface area (Å²) < 4.78 is 32.3. The number of methoxy groups -OCH3 is 1. The van der Waals surface area contributed by atoms with E-state index in [1.54, 1.807) is 0 Å². The van der Waals surface area contributed by atoms with Gasteiger partial charge in [-0.15, -0.1) is 0 Å². The van der Waals surface area contributed by atoms with E-state index in [-0.39, 0.29) is 21.9 Å². The molecule has 0 bridgehead atoms. The molecule has 2 rings (SSSR count). The summed E-state index contributed by atoms with van der Waals surface area (Å²) in [5.41, 5.74) is -0.810. The van der Waals surface area contributed by atoms with Gasteiger partial charge in [0.2, 0.25) is 0 Å². The molecule has 1 heterocycles. The van der Waals surface area contributed by atoms with Gasteiger partial charge in [0.25, 0.3) is 0 Å². The molecular formula is C13H8ClF2NO3. The van der Waals surface area contributed by atoms with Crippen LogP contribution in [-0.2, 0) is 0 Å². The molecule has 4 nitrogen and oxygen atoms in total. The minimum absolute atomic E-state index is 0.0231. The monoisotopic (exact) mass is 299 g/mol. The molecule has 7 heteroatoms. The minimum Gasteiger partial charge on any atom is -0.492 e. The Kier molecular flexibility index (Phi) is 3.85. The third kappa shape index (κ3) is 2.42. The molecule has 0 fully saturated rings. The number of aromatic carboxylic acids is 1. The highest BCUT2D eigenvalue weighted by molar-refractivity contribution is 6.32. The highest BCUT2D eigenvalue weighted by Gasteiger charge is 2.21. The number of nitrogens with zero attached hydrogens (tertiary/aromatic N) is 1. The van der Waals surface area contributed by atoms with Crippen molar-refractivity contribution in [2.45, 2.75) is 0 Å². The van der Waals surface area contributed by atoms with E-state index in [4.69, 9.17) is 21.4 Å². The van der Waals surface area contributed by atoms with Crippen molar-refractivity contribution in [2.24, 2.45) is 0 Å². The van der Waals surface area contributed by atoms with Crippen molar-refractivity contribution >= 4 is 17.6 Å². The Labute approximate surface area is 117 Å². The highest BCUT2D eigenvalue weighted by Crippen LogP contribution is 2.35. The van der Waals surface area contributed by atoms with Crippen molar-refractivity contribution in [3.63, 3.8) is 0 Å². The second-order valence-corrected chi connectivity index (χ2v) is 4.20. The van der Waals surface area contributed by atoms with Crippen LogP contribution < -0.4 is 4.74 Å². The Morgan fingerprint density at radius 2 is 2.05 bits per heavy atom. The maximum absolute atomic E-state index is 14.2. The molecule has 1 aromatic carbocycles. The van der Waals surface area contributed by atoms with Gasteiger partial charge in [0, 0.05) is 11.1 Å². The predicted octanol–water partition coefficient (Wildman–Crippen LogP) is 3.39. The number of carbonyl (C=O) groups is 1. The lowest BCUT2D eigenvalue weighted by molar-refractivity contribution is 0.0691. The zero-order valence-electron chi connectivity index (χ0n) is 10.2. The number of carboxylic acids is 1. The average molecular weight is 300 g/mol. The van der Waals surface area contributed by atoms with Gasteiger partial charge in [0.05, 0.1) is 18.3 Å². The summed E-state index contributed by atoms with van der Waals surface area (Å²) >= 11 is 5.75. The van der Waals surface area contributed by atoms with Crippen molar-refractivity contribution in [1.82, 2.24) is 4.98 Å². The highest BCUT2D eigenvalue weighted by atomic mass is 35.5. The molecule has 104 valence electrons. The lowest BCUT2D eigenvalue weighted by Crippen LogP contribution is -2.05. The van der Waals surface area contributed by atoms with Gasteiger partial charge in [-0.2, -0.15) is 0 Å². The van der Waals surface area contributed by atoms with E-state index in [0.717, 1.165) is 12.3 Å². The molecule has 2 aromatic rings. The number of rotatable bonds is 3. The van der Waals surface area contributed by atoms with E-state index < -0.39 is 23.3 Å². The number of pyridine rings is 1. The van der Waals surface area contributed by atoms with Crippen LogP contribution in [0.25, 0.3) is 11.1 Å². The molecule has 0 aliphatic rings. The number of ether oxygens (including phenoxy) is 1. The van der Waals surface area contributed by atoms with Crippen LogP contribution in [0.5, 0.6) is 5.75 Å². The second-order valence-electron chi connectivity index (χ2n) is 3.80. The Morgan fingerprint density at radius 3 is 2.65 bits per heavy atom. The Hall–Kier alpha value is -2.21. The van der Waals surface area contributed by atoms with E-state index in [2.05, 4.69) is 4.98 Å². The number of hydrogen-bond donors (Lipinski definition) is 1. The summed E-state index contributed by atoms with van der Waals surface area (Å²) in [5.74, 6) is -3.30. The third-order valence-electron chi connectivity index (χ3n) is 2.60. The first kappa shape index (κ1) is 14.2. The molecule has 1 aromatic heterocycles. The molecule has 0 saturated carbocycles. The molecule has 0 radical (unpaired) electrons. The summed E-state index contributed by atoms with van der Waals surface area (Å²) in [6, 6.07) is 3.46. The van der Waals surface area contributed by atoms with Gasteiger partial charge in [-0.3, -0.25) is 0 Å². The zero-order chi connectivity index (χ0) is 14.9. The number of hydrogen-bond acceptors (Lipinski definition) is 3. The summed E-state index contributed by atoms with van der Waals surface area (Å²) in [7, 11) is 1.22. The van der Waals surface area contributed by atoms with Crippen LogP contribution in [0.15, 0.2) is 24.4 Å². The predicted molar refractivity (Wildman–Crippen MR) is 68.1 cm³/mol. The van der Waals surface area contributed by atoms with Gasteiger partial charge in [0.1, 0.15) is 5.82 Å². The van der Waals surface area contributed by atoms with Crippen LogP contribution in [0.2, 0.25) is 5.02 Å². The minimum atomic E-state index is -1.40. The van der Waals surface area contributed by atoms with Crippen LogP contribution in [0.1, 0.15) is 10.5 Å². The van der Waals surface area contributed by atoms with Crippen molar-refractivity contribution in [3.05, 3.63) is 46.7 Å². The van der Waals surface area contributed by atoms with Crippen molar-refractivity contribution < 1.29 is 23.4 Å². The number of benzene rings is 1. The fraction of sp³-hybridized carbons (Fsp3) is 0.0769. The van der Waals surface area contributed by atoms with Crippen molar-refractivity contribution in [2.75, 3.05) is 7.11 Å². The first-order chi connectivity index (χ1) is 9.45. The molecule has 20 heavy (non-hydrogen) atoms. The summed E-state index contributed by atoms with van der Waals surface area (Å²) in [6.45, 7) is 0. The molecule has 0 saturated heterocycles. The standard InChI is InChI=1S/C13H8ClF2NO3/c1-20-12-9(14)3-2-7(10(12)16)8-4-6(15)5-17-11(8)13(18)19/h2-5H,1H3,(H,18,19). The average Bonchev–Trinajstić information content (AvgIpc) is 2.39. The SMILES string of the molecule is COc1c(Cl)ccc(-c2cc(F)cnc2C(=O)O)c1F. The first-order valence-corrected chi connectivity index (χ1v) is 5.74. The van der Waals surface area contributed by atoms with Crippen molar-refractivity contribution in [1.29, 1.82) is 0 Å². The van der Waals surface area contributed by atoms with Crippen LogP contribution in [0, 0.1) is 11.6 Å². The zero-order valence-corrected chi connectivity index (χ0v) is 10.9. The van der Waals surface area contributed by atoms with Crippen LogP contribution >= 0.6 is 11.6 Å². The molecule has 1 N–H and O–H groups in total. The smallest absolute Gasteiger partial charge is 0.355 e. The van der Waals surface area contributed by atoms with E-state index in [9.17, 15) is 13.6 Å². The van der Waals surface area contributed by atoms with Crippen LogP contribution in [0.3, 0.4) is 0 Å². The fourth-order valence-electron chi connectivity index (χ4n) is 1.74. The molecule has 0 atom stereocenters. The van der Waals surface area contributed by atoms with E-state index in [0.29, 0.717) is 0 Å². The molecule has 0 aliphatic carbocycles. The Balaban J connectivity index is 2.74. The van der Waals surface area contributed by atoms with Gasteiger partial charge < -0.3 is 9.84 Å². The van der Waals surface area contributed by atoms with Gasteiger partial charge in [-0.1, -0.05) is 11.6 Å². The number of carboxylic acid groups (broad SMARTS) is 1. The Bertz CT molecular complexity index is 692.